The normalized spacial score (nSPS) is 26.2. The Kier molecular flexibility index (Phi) is 3.84. The lowest BCUT2D eigenvalue weighted by Crippen LogP contribution is -2.48. The first-order valence-corrected chi connectivity index (χ1v) is 7.01. The molecule has 0 aliphatic carbocycles. The molecule has 2 aliphatic heterocycles. The molecule has 0 amide bonds. The summed E-state index contributed by atoms with van der Waals surface area (Å²) >= 11 is 0. The number of aromatic carboxylic acids is 1. The Hall–Kier alpha value is -1.66. The van der Waals surface area contributed by atoms with E-state index in [-0.39, 0.29) is 11.8 Å². The van der Waals surface area contributed by atoms with Crippen LogP contribution in [-0.4, -0.2) is 59.3 Å². The van der Waals surface area contributed by atoms with Crippen LogP contribution < -0.4 is 5.32 Å². The molecule has 1 aromatic heterocycles. The van der Waals surface area contributed by atoms with Crippen molar-refractivity contribution in [2.24, 2.45) is 0 Å². The molecule has 2 fully saturated rings. The number of nitrogens with one attached hydrogen (secondary N) is 1. The van der Waals surface area contributed by atoms with Gasteiger partial charge in [-0.1, -0.05) is 0 Å². The molecular weight excluding hydrogens is 258 g/mol. The molecule has 6 nitrogen and oxygen atoms in total. The van der Waals surface area contributed by atoms with Gasteiger partial charge in [0.1, 0.15) is 5.69 Å². The third-order valence-electron chi connectivity index (χ3n) is 3.98. The lowest BCUT2D eigenvalue weighted by atomic mass is 10.2. The second-order valence-corrected chi connectivity index (χ2v) is 5.36. The molecule has 0 spiro atoms. The van der Waals surface area contributed by atoms with Gasteiger partial charge < -0.3 is 15.2 Å². The minimum atomic E-state index is -1.01. The van der Waals surface area contributed by atoms with E-state index < -0.39 is 5.97 Å². The Labute approximate surface area is 117 Å². The molecule has 2 N–H and O–H groups in total. The highest BCUT2D eigenvalue weighted by molar-refractivity contribution is 5.85. The van der Waals surface area contributed by atoms with Crippen LogP contribution in [0.3, 0.4) is 0 Å². The smallest absolute Gasteiger partial charge is 0.354 e. The van der Waals surface area contributed by atoms with Gasteiger partial charge in [-0.25, -0.2) is 9.78 Å². The van der Waals surface area contributed by atoms with Gasteiger partial charge in [0.15, 0.2) is 0 Å². The molecule has 0 saturated carbocycles. The van der Waals surface area contributed by atoms with E-state index in [1.165, 1.54) is 25.5 Å². The number of ether oxygens (including phenoxy) is 1. The second kappa shape index (κ2) is 5.76. The quantitative estimate of drug-likeness (QED) is 0.857. The Bertz CT molecular complexity index is 477. The van der Waals surface area contributed by atoms with Gasteiger partial charge in [0.2, 0.25) is 0 Å². The molecule has 1 aromatic rings. The average molecular weight is 277 g/mol. The van der Waals surface area contributed by atoms with Crippen molar-refractivity contribution in [1.29, 1.82) is 0 Å². The summed E-state index contributed by atoms with van der Waals surface area (Å²) in [5.74, 6) is -1.01. The van der Waals surface area contributed by atoms with E-state index in [9.17, 15) is 4.79 Å². The molecule has 2 aliphatic rings. The Morgan fingerprint density at radius 3 is 3.20 bits per heavy atom. The molecule has 0 aromatic carbocycles. The van der Waals surface area contributed by atoms with Gasteiger partial charge in [-0.05, 0) is 31.5 Å². The summed E-state index contributed by atoms with van der Waals surface area (Å²) in [4.78, 5) is 17.1. The van der Waals surface area contributed by atoms with Gasteiger partial charge in [0.25, 0.3) is 0 Å². The predicted molar refractivity (Wildman–Crippen MR) is 74.0 cm³/mol. The predicted octanol–water partition coefficient (Wildman–Crippen LogP) is 1.05. The number of morpholine rings is 1. The molecule has 108 valence electrons. The van der Waals surface area contributed by atoms with Crippen molar-refractivity contribution in [3.05, 3.63) is 24.0 Å². The monoisotopic (exact) mass is 277 g/mol. The zero-order valence-corrected chi connectivity index (χ0v) is 11.3. The zero-order valence-electron chi connectivity index (χ0n) is 11.3. The topological polar surface area (TPSA) is 74.7 Å². The van der Waals surface area contributed by atoms with Crippen molar-refractivity contribution in [1.82, 2.24) is 9.88 Å². The number of carbonyl (C=O) groups is 1. The first-order chi connectivity index (χ1) is 9.72. The largest absolute Gasteiger partial charge is 0.477 e. The number of hydrogen-bond acceptors (Lipinski definition) is 5. The number of rotatable bonds is 4. The van der Waals surface area contributed by atoms with Crippen LogP contribution in [0.5, 0.6) is 0 Å². The molecule has 2 atom stereocenters. The Balaban J connectivity index is 1.50. The van der Waals surface area contributed by atoms with E-state index in [1.54, 1.807) is 12.3 Å². The molecule has 0 radical (unpaired) electrons. The van der Waals surface area contributed by atoms with Crippen molar-refractivity contribution >= 4 is 11.7 Å². The summed E-state index contributed by atoms with van der Waals surface area (Å²) < 4.78 is 5.86. The summed E-state index contributed by atoms with van der Waals surface area (Å²) in [5, 5.41) is 12.0. The number of carboxylic acid groups (broad SMARTS) is 1. The van der Waals surface area contributed by atoms with Crippen molar-refractivity contribution in [2.75, 3.05) is 31.6 Å². The highest BCUT2D eigenvalue weighted by Crippen LogP contribution is 2.22. The number of fused-ring (bicyclic) bond motifs is 1. The van der Waals surface area contributed by atoms with Gasteiger partial charge in [-0.3, -0.25) is 4.90 Å². The van der Waals surface area contributed by atoms with E-state index in [2.05, 4.69) is 15.2 Å². The maximum atomic E-state index is 10.7. The van der Waals surface area contributed by atoms with Gasteiger partial charge in [-0.2, -0.15) is 0 Å². The van der Waals surface area contributed by atoms with Crippen molar-refractivity contribution < 1.29 is 14.6 Å². The maximum Gasteiger partial charge on any atom is 0.354 e. The first kappa shape index (κ1) is 13.3. The molecule has 3 heterocycles. The van der Waals surface area contributed by atoms with Crippen LogP contribution >= 0.6 is 0 Å². The number of nitrogens with zero attached hydrogens (tertiary/aromatic N) is 2. The molecule has 3 rings (SSSR count). The standard InChI is InChI=1S/C14H19N3O3/c18-14(19)13-4-3-10(6-16-13)15-7-12-8-17-5-1-2-11(17)9-20-12/h3-4,6,11-12,15H,1-2,5,7-9H2,(H,18,19). The highest BCUT2D eigenvalue weighted by Gasteiger charge is 2.31. The summed E-state index contributed by atoms with van der Waals surface area (Å²) in [6.07, 6.45) is 4.25. The number of aromatic nitrogens is 1. The fraction of sp³-hybridized carbons (Fsp3) is 0.571. The lowest BCUT2D eigenvalue weighted by molar-refractivity contribution is -0.0415. The van der Waals surface area contributed by atoms with Crippen molar-refractivity contribution in [3.63, 3.8) is 0 Å². The third kappa shape index (κ3) is 2.91. The second-order valence-electron chi connectivity index (χ2n) is 5.36. The molecule has 2 saturated heterocycles. The van der Waals surface area contributed by atoms with Crippen LogP contribution in [0.1, 0.15) is 23.3 Å². The summed E-state index contributed by atoms with van der Waals surface area (Å²) in [7, 11) is 0. The van der Waals surface area contributed by atoms with Crippen LogP contribution in [0, 0.1) is 0 Å². The minimum absolute atomic E-state index is 0.0596. The summed E-state index contributed by atoms with van der Waals surface area (Å²) in [6.45, 7) is 3.69. The lowest BCUT2D eigenvalue weighted by Gasteiger charge is -2.35. The molecule has 6 heteroatoms. The van der Waals surface area contributed by atoms with Crippen LogP contribution in [0.2, 0.25) is 0 Å². The molecular formula is C14H19N3O3. The number of anilines is 1. The number of pyridine rings is 1. The van der Waals surface area contributed by atoms with Crippen molar-refractivity contribution in [3.8, 4) is 0 Å². The van der Waals surface area contributed by atoms with Gasteiger partial charge in [-0.15, -0.1) is 0 Å². The zero-order chi connectivity index (χ0) is 13.9. The third-order valence-corrected chi connectivity index (χ3v) is 3.98. The van der Waals surface area contributed by atoms with Crippen LogP contribution in [0.25, 0.3) is 0 Å². The van der Waals surface area contributed by atoms with E-state index in [0.29, 0.717) is 6.04 Å². The molecule has 2 unspecified atom stereocenters. The molecule has 20 heavy (non-hydrogen) atoms. The number of hydrogen-bond donors (Lipinski definition) is 2. The summed E-state index contributed by atoms with van der Waals surface area (Å²) in [5.41, 5.74) is 0.881. The van der Waals surface area contributed by atoms with Gasteiger partial charge in [0.05, 0.1) is 24.6 Å². The maximum absolute atomic E-state index is 10.7. The van der Waals surface area contributed by atoms with E-state index in [1.807, 2.05) is 0 Å². The van der Waals surface area contributed by atoms with Crippen LogP contribution in [-0.2, 0) is 4.74 Å². The highest BCUT2D eigenvalue weighted by atomic mass is 16.5. The van der Waals surface area contributed by atoms with Gasteiger partial charge in [0, 0.05) is 19.1 Å². The fourth-order valence-electron chi connectivity index (χ4n) is 2.87. The Morgan fingerprint density at radius 1 is 1.55 bits per heavy atom. The van der Waals surface area contributed by atoms with Crippen molar-refractivity contribution in [2.45, 2.75) is 25.0 Å². The van der Waals surface area contributed by atoms with Crippen LogP contribution in [0.4, 0.5) is 5.69 Å². The van der Waals surface area contributed by atoms with E-state index in [4.69, 9.17) is 9.84 Å². The fourth-order valence-corrected chi connectivity index (χ4v) is 2.87. The number of carboxylic acids is 1. The SMILES string of the molecule is O=C(O)c1ccc(NCC2CN3CCCC3CO2)cn1. The summed E-state index contributed by atoms with van der Waals surface area (Å²) in [6, 6.07) is 3.85. The molecule has 0 bridgehead atoms. The van der Waals surface area contributed by atoms with Crippen LogP contribution in [0.15, 0.2) is 18.3 Å². The first-order valence-electron chi connectivity index (χ1n) is 7.01. The van der Waals surface area contributed by atoms with Gasteiger partial charge >= 0.3 is 5.97 Å². The average Bonchev–Trinajstić information content (AvgIpc) is 2.93. The van der Waals surface area contributed by atoms with E-state index >= 15 is 0 Å². The Morgan fingerprint density at radius 2 is 2.45 bits per heavy atom. The van der Waals surface area contributed by atoms with E-state index in [0.717, 1.165) is 25.4 Å². The minimum Gasteiger partial charge on any atom is -0.477 e.